The fourth-order valence-electron chi connectivity index (χ4n) is 6.23. The predicted molar refractivity (Wildman–Crippen MR) is 150 cm³/mol. The van der Waals surface area contributed by atoms with E-state index in [9.17, 15) is 9.18 Å². The molecule has 200 valence electrons. The van der Waals surface area contributed by atoms with Gasteiger partial charge in [-0.1, -0.05) is 30.3 Å². The zero-order valence-corrected chi connectivity index (χ0v) is 22.0. The lowest BCUT2D eigenvalue weighted by molar-refractivity contribution is -0.142. The minimum Gasteiger partial charge on any atom is -0.485 e. The van der Waals surface area contributed by atoms with E-state index in [1.54, 1.807) is 19.2 Å². The van der Waals surface area contributed by atoms with Crippen molar-refractivity contribution >= 4 is 22.6 Å². The number of piperidine rings is 1. The minimum atomic E-state index is -0.400. The summed E-state index contributed by atoms with van der Waals surface area (Å²) < 4.78 is 26.1. The molecule has 1 saturated heterocycles. The van der Waals surface area contributed by atoms with Crippen molar-refractivity contribution in [3.63, 3.8) is 0 Å². The molecule has 2 heterocycles. The van der Waals surface area contributed by atoms with E-state index < -0.39 is 5.82 Å². The third kappa shape index (κ3) is 4.83. The quantitative estimate of drug-likeness (QED) is 0.306. The second kappa shape index (κ2) is 10.3. The van der Waals surface area contributed by atoms with E-state index in [1.165, 1.54) is 17.7 Å². The van der Waals surface area contributed by atoms with Crippen LogP contribution < -0.4 is 15.8 Å². The van der Waals surface area contributed by atoms with Crippen molar-refractivity contribution in [1.82, 2.24) is 10.3 Å². The van der Waals surface area contributed by atoms with Crippen LogP contribution in [0.25, 0.3) is 21.9 Å². The summed E-state index contributed by atoms with van der Waals surface area (Å²) >= 11 is 0. The lowest BCUT2D eigenvalue weighted by Crippen LogP contribution is -2.38. The molecule has 0 saturated carbocycles. The highest BCUT2D eigenvalue weighted by atomic mass is 19.1. The van der Waals surface area contributed by atoms with E-state index in [0.717, 1.165) is 59.8 Å². The first-order valence-corrected chi connectivity index (χ1v) is 13.6. The number of rotatable bonds is 6. The number of anilines is 1. The van der Waals surface area contributed by atoms with Gasteiger partial charge in [0.25, 0.3) is 0 Å². The van der Waals surface area contributed by atoms with Crippen LogP contribution in [0.4, 0.5) is 10.2 Å². The van der Waals surface area contributed by atoms with Crippen molar-refractivity contribution in [3.8, 4) is 16.9 Å². The van der Waals surface area contributed by atoms with Crippen LogP contribution in [0.3, 0.4) is 0 Å². The summed E-state index contributed by atoms with van der Waals surface area (Å²) in [6, 6.07) is 19.2. The number of hydrogen-bond acceptors (Lipinski definition) is 6. The Bertz CT molecular complexity index is 1550. The molecule has 0 radical (unpaired) electrons. The van der Waals surface area contributed by atoms with Crippen molar-refractivity contribution in [2.24, 2.45) is 0 Å². The van der Waals surface area contributed by atoms with E-state index in [1.807, 2.05) is 6.07 Å². The first-order chi connectivity index (χ1) is 19.0. The van der Waals surface area contributed by atoms with Gasteiger partial charge in [-0.25, -0.2) is 9.37 Å². The Morgan fingerprint density at radius 2 is 1.87 bits per heavy atom. The molecule has 3 N–H and O–H groups in total. The van der Waals surface area contributed by atoms with E-state index >= 15 is 0 Å². The van der Waals surface area contributed by atoms with Crippen molar-refractivity contribution in [3.05, 3.63) is 89.4 Å². The number of aromatic nitrogens is 1. The number of halogens is 1. The van der Waals surface area contributed by atoms with Crippen LogP contribution in [0.2, 0.25) is 0 Å². The van der Waals surface area contributed by atoms with Gasteiger partial charge < -0.3 is 20.5 Å². The molecule has 6 nitrogen and oxygen atoms in total. The Balaban J connectivity index is 1.40. The molecular formula is C32H32FN3O3. The lowest BCUT2D eigenvalue weighted by atomic mass is 9.74. The minimum absolute atomic E-state index is 0.00383. The van der Waals surface area contributed by atoms with Gasteiger partial charge in [0.1, 0.15) is 23.5 Å². The molecule has 7 heteroatoms. The number of ether oxygens (including phenoxy) is 2. The predicted octanol–water partition coefficient (Wildman–Crippen LogP) is 5.87. The topological polar surface area (TPSA) is 86.5 Å². The molecule has 1 aromatic heterocycles. The first kappa shape index (κ1) is 25.3. The lowest BCUT2D eigenvalue weighted by Gasteiger charge is -2.35. The van der Waals surface area contributed by atoms with Crippen LogP contribution in [-0.4, -0.2) is 30.6 Å². The number of benzene rings is 3. The standard InChI is InChI=1S/C32H32FN3O3/c1-2-38-30(37)17-23-5-7-24(33)18-28(23)39-29-19-32(10-13-35-14-11-32)27-8-6-22(16-26(27)29)21-4-3-20-9-12-36-31(34)25(20)15-21/h3-9,12,15-16,18,29,35H,2,10-11,13-14,17,19H2,1H3,(H2,34,36). The van der Waals surface area contributed by atoms with Gasteiger partial charge >= 0.3 is 5.97 Å². The zero-order valence-electron chi connectivity index (χ0n) is 22.0. The van der Waals surface area contributed by atoms with E-state index in [4.69, 9.17) is 15.2 Å². The highest BCUT2D eigenvalue weighted by Gasteiger charge is 2.45. The molecule has 1 unspecified atom stereocenters. The Morgan fingerprint density at radius 3 is 2.69 bits per heavy atom. The smallest absolute Gasteiger partial charge is 0.310 e. The third-order valence-electron chi connectivity index (χ3n) is 8.18. The zero-order chi connectivity index (χ0) is 27.0. The Labute approximate surface area is 227 Å². The maximum Gasteiger partial charge on any atom is 0.310 e. The van der Waals surface area contributed by atoms with Gasteiger partial charge in [0, 0.05) is 28.6 Å². The van der Waals surface area contributed by atoms with Crippen molar-refractivity contribution in [2.45, 2.75) is 44.1 Å². The fraction of sp³-hybridized carbons (Fsp3) is 0.312. The summed E-state index contributed by atoms with van der Waals surface area (Å²) in [4.78, 5) is 16.5. The Morgan fingerprint density at radius 1 is 1.08 bits per heavy atom. The van der Waals surface area contributed by atoms with Crippen LogP contribution in [-0.2, 0) is 21.4 Å². The number of nitrogens with two attached hydrogens (primary N) is 1. The molecule has 1 atom stereocenters. The molecule has 1 spiro atoms. The molecule has 1 fully saturated rings. The second-order valence-corrected chi connectivity index (χ2v) is 10.5. The van der Waals surface area contributed by atoms with Gasteiger partial charge in [0.05, 0.1) is 13.0 Å². The molecule has 1 aliphatic heterocycles. The van der Waals surface area contributed by atoms with Gasteiger partial charge in [-0.15, -0.1) is 0 Å². The van der Waals surface area contributed by atoms with Gasteiger partial charge in [-0.05, 0) is 91.2 Å². The van der Waals surface area contributed by atoms with E-state index in [2.05, 4.69) is 46.7 Å². The SMILES string of the molecule is CCOC(=O)Cc1ccc(F)cc1OC1CC2(CCNCC2)c2ccc(-c3ccc4ccnc(N)c4c3)cc21. The fourth-order valence-corrected chi connectivity index (χ4v) is 6.23. The molecule has 0 amide bonds. The Kier molecular flexibility index (Phi) is 6.69. The van der Waals surface area contributed by atoms with Crippen LogP contribution in [0.15, 0.2) is 66.9 Å². The number of nitrogens with one attached hydrogen (secondary N) is 1. The molecule has 0 bridgehead atoms. The number of nitrogen functional groups attached to an aromatic ring is 1. The van der Waals surface area contributed by atoms with E-state index in [-0.39, 0.29) is 23.9 Å². The van der Waals surface area contributed by atoms with Gasteiger partial charge in [0.2, 0.25) is 0 Å². The van der Waals surface area contributed by atoms with E-state index in [0.29, 0.717) is 23.7 Å². The van der Waals surface area contributed by atoms with Crippen LogP contribution in [0, 0.1) is 5.82 Å². The third-order valence-corrected chi connectivity index (χ3v) is 8.18. The molecule has 39 heavy (non-hydrogen) atoms. The number of hydrogen-bond donors (Lipinski definition) is 2. The number of nitrogens with zero attached hydrogens (tertiary/aromatic N) is 1. The maximum absolute atomic E-state index is 14.4. The molecule has 1 aliphatic carbocycles. The van der Waals surface area contributed by atoms with Crippen molar-refractivity contribution < 1.29 is 18.7 Å². The largest absolute Gasteiger partial charge is 0.485 e. The van der Waals surface area contributed by atoms with Gasteiger partial charge in [0.15, 0.2) is 0 Å². The maximum atomic E-state index is 14.4. The number of pyridine rings is 1. The van der Waals surface area contributed by atoms with Crippen molar-refractivity contribution in [1.29, 1.82) is 0 Å². The molecule has 2 aliphatic rings. The Hall–Kier alpha value is -3.97. The monoisotopic (exact) mass is 525 g/mol. The molecule has 4 aromatic rings. The molecule has 3 aromatic carbocycles. The summed E-state index contributed by atoms with van der Waals surface area (Å²) in [6.07, 6.45) is 4.30. The highest BCUT2D eigenvalue weighted by Crippen LogP contribution is 2.52. The highest BCUT2D eigenvalue weighted by molar-refractivity contribution is 5.94. The molecular weight excluding hydrogens is 493 g/mol. The van der Waals surface area contributed by atoms with Crippen LogP contribution >= 0.6 is 0 Å². The average Bonchev–Trinajstić information content (AvgIpc) is 3.22. The number of fused-ring (bicyclic) bond motifs is 3. The summed E-state index contributed by atoms with van der Waals surface area (Å²) in [7, 11) is 0. The first-order valence-electron chi connectivity index (χ1n) is 13.6. The summed E-state index contributed by atoms with van der Waals surface area (Å²) in [5.74, 6) is 0.136. The van der Waals surface area contributed by atoms with Gasteiger partial charge in [-0.2, -0.15) is 0 Å². The second-order valence-electron chi connectivity index (χ2n) is 10.5. The summed E-state index contributed by atoms with van der Waals surface area (Å²) in [6.45, 7) is 3.95. The summed E-state index contributed by atoms with van der Waals surface area (Å²) in [5, 5.41) is 5.44. The van der Waals surface area contributed by atoms with Crippen LogP contribution in [0.5, 0.6) is 5.75 Å². The normalized spacial score (nSPS) is 17.7. The van der Waals surface area contributed by atoms with Gasteiger partial charge in [-0.3, -0.25) is 4.79 Å². The number of carbonyl (C=O) groups excluding carboxylic acids is 1. The average molecular weight is 526 g/mol. The molecule has 6 rings (SSSR count). The number of esters is 1. The summed E-state index contributed by atoms with van der Waals surface area (Å²) in [5.41, 5.74) is 11.3. The van der Waals surface area contributed by atoms with Crippen LogP contribution in [0.1, 0.15) is 49.0 Å². The number of carbonyl (C=O) groups is 1. The van der Waals surface area contributed by atoms with Crippen molar-refractivity contribution in [2.75, 3.05) is 25.4 Å².